The molecule has 32 valence electrons. The summed E-state index contributed by atoms with van der Waals surface area (Å²) in [5.74, 6) is 0. The maximum Gasteiger partial charge on any atom is 0.129 e. The maximum atomic E-state index is 5.15. The van der Waals surface area contributed by atoms with Crippen LogP contribution in [0.4, 0.5) is 0 Å². The Bertz CT molecular complexity index is 17.6. The van der Waals surface area contributed by atoms with E-state index in [1.807, 2.05) is 0 Å². The van der Waals surface area contributed by atoms with Crippen LogP contribution in [0.25, 0.3) is 0 Å². The van der Waals surface area contributed by atoms with E-state index >= 15 is 0 Å². The van der Waals surface area contributed by atoms with E-state index in [1.54, 1.807) is 0 Å². The van der Waals surface area contributed by atoms with E-state index in [9.17, 15) is 0 Å². The third-order valence-electron chi connectivity index (χ3n) is 0.471. The van der Waals surface area contributed by atoms with Gasteiger partial charge in [0.05, 0.1) is 0 Å². The normalized spacial score (nSPS) is 16.8. The molecule has 0 aromatic heterocycles. The highest BCUT2D eigenvalue weighted by molar-refractivity contribution is 7.26. The van der Waals surface area contributed by atoms with Crippen LogP contribution in [0.2, 0.25) is 0 Å². The van der Waals surface area contributed by atoms with Gasteiger partial charge in [-0.05, 0) is 0 Å². The van der Waals surface area contributed by atoms with Crippen molar-refractivity contribution in [2.45, 2.75) is 0 Å². The molecule has 0 fully saturated rings. The van der Waals surface area contributed by atoms with Crippen molar-refractivity contribution >= 4 is 38.1 Å². The molecule has 0 bridgehead atoms. The summed E-state index contributed by atoms with van der Waals surface area (Å²) < 4.78 is 5.15. The molecule has 0 radical (unpaired) electrons. The maximum absolute atomic E-state index is 5.15. The summed E-state index contributed by atoms with van der Waals surface area (Å²) in [7, 11) is 3.46. The molecule has 0 aromatic rings. The molecule has 0 aliphatic carbocycles. The average molecular weight is 138 g/mol. The van der Waals surface area contributed by atoms with Crippen molar-refractivity contribution in [2.75, 3.05) is 0 Å². The molecule has 0 saturated heterocycles. The first-order valence-corrected chi connectivity index (χ1v) is 12.3. The van der Waals surface area contributed by atoms with Crippen LogP contribution in [-0.4, -0.2) is 38.1 Å². The lowest BCUT2D eigenvalue weighted by atomic mass is 15.8. The standard InChI is InChI=1S/H10OSi4/c2-1-5(3)4/h5H,2-4H3. The predicted molar refractivity (Wildman–Crippen MR) is 38.1 cm³/mol. The second-order valence-corrected chi connectivity index (χ2v) is 22.0. The van der Waals surface area contributed by atoms with Gasteiger partial charge in [-0.1, -0.05) is 0 Å². The molecule has 0 saturated carbocycles. The van der Waals surface area contributed by atoms with Gasteiger partial charge in [-0.2, -0.15) is 0 Å². The van der Waals surface area contributed by atoms with Gasteiger partial charge in [0.1, 0.15) is 18.6 Å². The van der Waals surface area contributed by atoms with Crippen molar-refractivity contribution in [1.29, 1.82) is 0 Å². The molecule has 0 heterocycles. The van der Waals surface area contributed by atoms with Gasteiger partial charge in [0, 0.05) is 19.5 Å². The van der Waals surface area contributed by atoms with E-state index in [4.69, 9.17) is 4.12 Å². The summed E-state index contributed by atoms with van der Waals surface area (Å²) in [6, 6.07) is 0. The molecule has 0 aliphatic rings. The highest BCUT2D eigenvalue weighted by atomic mass is 29.5. The highest BCUT2D eigenvalue weighted by Crippen LogP contribution is 1.56. The van der Waals surface area contributed by atoms with Crippen molar-refractivity contribution in [3.05, 3.63) is 0 Å². The molecule has 0 spiro atoms. The number of hydrogen-bond donors (Lipinski definition) is 0. The molecule has 0 rings (SSSR count). The molecular weight excluding hydrogens is 128 g/mol. The van der Waals surface area contributed by atoms with Gasteiger partial charge in [0.25, 0.3) is 0 Å². The van der Waals surface area contributed by atoms with E-state index in [-0.39, 0.29) is 8.08 Å². The van der Waals surface area contributed by atoms with Gasteiger partial charge in [0.15, 0.2) is 0 Å². The first kappa shape index (κ1) is 5.83. The number of rotatable bonds is 1. The highest BCUT2D eigenvalue weighted by Gasteiger charge is 1.82. The third kappa shape index (κ3) is 4.83. The van der Waals surface area contributed by atoms with E-state index in [0.717, 1.165) is 10.5 Å². The summed E-state index contributed by atoms with van der Waals surface area (Å²) in [4.78, 5) is 0. The van der Waals surface area contributed by atoms with Crippen LogP contribution in [0, 0.1) is 0 Å². The molecule has 5 heteroatoms. The largest absolute Gasteiger partial charge is 0.472 e. The zero-order valence-corrected chi connectivity index (χ0v) is 11.1. The average Bonchev–Trinajstić information content (AvgIpc) is 1.38. The van der Waals surface area contributed by atoms with Gasteiger partial charge in [0.2, 0.25) is 0 Å². The monoisotopic (exact) mass is 138 g/mol. The molecular formula is H10OSi4. The van der Waals surface area contributed by atoms with Gasteiger partial charge in [-0.25, -0.2) is 0 Å². The Morgan fingerprint density at radius 3 is 1.60 bits per heavy atom. The minimum Gasteiger partial charge on any atom is -0.472 e. The lowest BCUT2D eigenvalue weighted by Crippen LogP contribution is -2.16. The lowest BCUT2D eigenvalue weighted by molar-refractivity contribution is 0.675. The zero-order valence-electron chi connectivity index (χ0n) is 3.99. The van der Waals surface area contributed by atoms with E-state index in [2.05, 4.69) is 0 Å². The Balaban J connectivity index is 2.54. The second-order valence-electron chi connectivity index (χ2n) is 1.28. The van der Waals surface area contributed by atoms with Crippen molar-refractivity contribution < 1.29 is 4.12 Å². The van der Waals surface area contributed by atoms with Crippen LogP contribution in [-0.2, 0) is 4.12 Å². The smallest absolute Gasteiger partial charge is 0.129 e. The number of hydrogen-bond acceptors (Lipinski definition) is 1. The fourth-order valence-electron chi connectivity index (χ4n) is 0. The van der Waals surface area contributed by atoms with Gasteiger partial charge < -0.3 is 4.12 Å². The van der Waals surface area contributed by atoms with E-state index < -0.39 is 0 Å². The molecule has 0 unspecified atom stereocenters. The van der Waals surface area contributed by atoms with Crippen LogP contribution < -0.4 is 0 Å². The first-order valence-electron chi connectivity index (χ1n) is 1.80. The summed E-state index contributed by atoms with van der Waals surface area (Å²) in [6.45, 7) is 0. The zero-order chi connectivity index (χ0) is 4.28. The molecule has 0 N–H and O–H groups in total. The Kier molecular flexibility index (Phi) is 3.54. The van der Waals surface area contributed by atoms with Crippen molar-refractivity contribution in [2.24, 2.45) is 0 Å². The Morgan fingerprint density at radius 2 is 1.60 bits per heavy atom. The fourth-order valence-corrected chi connectivity index (χ4v) is 0. The van der Waals surface area contributed by atoms with Crippen molar-refractivity contribution in [3.63, 3.8) is 0 Å². The van der Waals surface area contributed by atoms with Crippen molar-refractivity contribution in [3.8, 4) is 0 Å². The Morgan fingerprint density at radius 1 is 1.40 bits per heavy atom. The van der Waals surface area contributed by atoms with Crippen LogP contribution in [0.5, 0.6) is 0 Å². The Labute approximate surface area is 42.8 Å². The van der Waals surface area contributed by atoms with E-state index in [1.165, 1.54) is 19.5 Å². The minimum absolute atomic E-state index is 0.310. The topological polar surface area (TPSA) is 9.23 Å². The van der Waals surface area contributed by atoms with E-state index in [0.29, 0.717) is 0 Å². The fraction of sp³-hybridized carbons (Fsp3) is 0. The summed E-state index contributed by atoms with van der Waals surface area (Å²) >= 11 is 0. The molecule has 1 nitrogen and oxygen atoms in total. The summed E-state index contributed by atoms with van der Waals surface area (Å²) in [6.07, 6.45) is 0. The van der Waals surface area contributed by atoms with Gasteiger partial charge >= 0.3 is 0 Å². The summed E-state index contributed by atoms with van der Waals surface area (Å²) in [5, 5.41) is 0. The van der Waals surface area contributed by atoms with Crippen LogP contribution in [0.1, 0.15) is 0 Å². The summed E-state index contributed by atoms with van der Waals surface area (Å²) in [5.41, 5.74) is 0. The second kappa shape index (κ2) is 3.03. The Hall–Kier alpha value is 0.828. The quantitative estimate of drug-likeness (QED) is 0.334. The molecule has 0 aliphatic heterocycles. The SMILES string of the molecule is [SiH3]O[SiH]([SiH3])[SiH3]. The van der Waals surface area contributed by atoms with Crippen LogP contribution in [0.15, 0.2) is 0 Å². The lowest BCUT2D eigenvalue weighted by Gasteiger charge is -1.93. The molecule has 0 aromatic carbocycles. The van der Waals surface area contributed by atoms with Crippen LogP contribution >= 0.6 is 0 Å². The molecule has 0 atom stereocenters. The van der Waals surface area contributed by atoms with Gasteiger partial charge in [-0.15, -0.1) is 0 Å². The third-order valence-corrected chi connectivity index (χ3v) is 12.7. The van der Waals surface area contributed by atoms with Gasteiger partial charge in [-0.3, -0.25) is 0 Å². The first-order chi connectivity index (χ1) is 2.27. The minimum atomic E-state index is -0.310. The predicted octanol–water partition coefficient (Wildman–Crippen LogP) is -4.27. The van der Waals surface area contributed by atoms with Crippen molar-refractivity contribution in [1.82, 2.24) is 0 Å². The van der Waals surface area contributed by atoms with Crippen LogP contribution in [0.3, 0.4) is 0 Å². The molecule has 5 heavy (non-hydrogen) atoms. The molecule has 0 amide bonds.